The first-order valence-corrected chi connectivity index (χ1v) is 4.43. The van der Waals surface area contributed by atoms with Crippen molar-refractivity contribution in [1.29, 1.82) is 0 Å². The summed E-state index contributed by atoms with van der Waals surface area (Å²) in [6.45, 7) is 0.599. The maximum absolute atomic E-state index is 9.41. The fourth-order valence-corrected chi connectivity index (χ4v) is 1.17. The van der Waals surface area contributed by atoms with E-state index in [4.69, 9.17) is 5.73 Å². The van der Waals surface area contributed by atoms with Crippen LogP contribution >= 0.6 is 24.8 Å². The average Bonchev–Trinajstić information content (AvgIpc) is 2.90. The monoisotopic (exact) mass is 267 g/mol. The Labute approximate surface area is 108 Å². The van der Waals surface area contributed by atoms with Crippen molar-refractivity contribution in [2.45, 2.75) is 32.9 Å². The summed E-state index contributed by atoms with van der Waals surface area (Å²) in [7, 11) is 0. The summed E-state index contributed by atoms with van der Waals surface area (Å²) in [5, 5.41) is 12.7. The Morgan fingerprint density at radius 2 is 2.00 bits per heavy atom. The van der Waals surface area contributed by atoms with E-state index in [1.54, 1.807) is 12.1 Å². The van der Waals surface area contributed by atoms with Gasteiger partial charge in [0.25, 0.3) is 0 Å². The first kappa shape index (κ1) is 17.7. The summed E-state index contributed by atoms with van der Waals surface area (Å²) in [5.74, 6) is 0.660. The molecule has 0 saturated heterocycles. The molecule has 0 atom stereocenters. The third kappa shape index (κ3) is 4.88. The summed E-state index contributed by atoms with van der Waals surface area (Å²) < 4.78 is 0. The second-order valence-corrected chi connectivity index (χ2v) is 3.36. The van der Waals surface area contributed by atoms with Crippen molar-refractivity contribution in [3.63, 3.8) is 0 Å². The molecule has 16 heavy (non-hydrogen) atoms. The predicted octanol–water partition coefficient (Wildman–Crippen LogP) is 2.10. The van der Waals surface area contributed by atoms with Gasteiger partial charge in [-0.05, 0) is 25.0 Å². The van der Waals surface area contributed by atoms with E-state index in [-0.39, 0.29) is 38.0 Å². The first-order chi connectivity index (χ1) is 6.25. The van der Waals surface area contributed by atoms with Gasteiger partial charge in [-0.3, -0.25) is 0 Å². The smallest absolute Gasteiger partial charge is 0.138 e. The highest BCUT2D eigenvalue weighted by atomic mass is 35.5. The number of aromatic nitrogens is 1. The molecule has 0 radical (unpaired) electrons. The molecule has 1 heterocycles. The number of hydrogen-bond donors (Lipinski definition) is 3. The van der Waals surface area contributed by atoms with Gasteiger partial charge in [-0.25, -0.2) is 4.98 Å². The van der Waals surface area contributed by atoms with Crippen molar-refractivity contribution < 1.29 is 5.11 Å². The fraction of sp³-hybridized carbons (Fsp3) is 0.500. The van der Waals surface area contributed by atoms with Crippen molar-refractivity contribution >= 4 is 30.6 Å². The lowest BCUT2D eigenvalue weighted by atomic mass is 10.3. The number of anilines is 1. The molecule has 4 nitrogen and oxygen atoms in total. The molecule has 0 amide bonds. The van der Waals surface area contributed by atoms with E-state index in [1.807, 2.05) is 0 Å². The van der Waals surface area contributed by atoms with Gasteiger partial charge >= 0.3 is 0 Å². The van der Waals surface area contributed by atoms with Crippen LogP contribution in [0.25, 0.3) is 0 Å². The van der Waals surface area contributed by atoms with Crippen molar-refractivity contribution in [2.24, 2.45) is 0 Å². The van der Waals surface area contributed by atoms with Crippen LogP contribution in [0.2, 0.25) is 0 Å². The molecule has 94 valence electrons. The van der Waals surface area contributed by atoms with E-state index in [0.717, 1.165) is 0 Å². The second-order valence-electron chi connectivity index (χ2n) is 3.36. The van der Waals surface area contributed by atoms with Gasteiger partial charge in [0.1, 0.15) is 11.6 Å². The van der Waals surface area contributed by atoms with Gasteiger partial charge < -0.3 is 16.2 Å². The second kappa shape index (κ2) is 7.54. The lowest BCUT2D eigenvalue weighted by Crippen LogP contribution is -2.16. The van der Waals surface area contributed by atoms with Crippen LogP contribution in [-0.2, 0) is 6.54 Å². The van der Waals surface area contributed by atoms with Crippen molar-refractivity contribution in [3.05, 3.63) is 17.8 Å². The molecule has 1 aromatic heterocycles. The zero-order valence-electron chi connectivity index (χ0n) is 8.14. The summed E-state index contributed by atoms with van der Waals surface area (Å²) in [4.78, 5) is 4.04. The fourth-order valence-electron chi connectivity index (χ4n) is 1.17. The maximum Gasteiger partial charge on any atom is 0.138 e. The highest BCUT2D eigenvalue weighted by Gasteiger charge is 2.20. The van der Waals surface area contributed by atoms with Crippen molar-refractivity contribution in [2.75, 3.05) is 5.73 Å². The van der Waals surface area contributed by atoms with Crippen molar-refractivity contribution in [3.8, 4) is 5.75 Å². The normalized spacial score (nSPS) is 13.0. The molecule has 1 fully saturated rings. The van der Waals surface area contributed by atoms with Crippen LogP contribution in [-0.4, -0.2) is 16.1 Å². The van der Waals surface area contributed by atoms with Gasteiger partial charge in [0.05, 0.1) is 5.69 Å². The van der Waals surface area contributed by atoms with Gasteiger partial charge in [0.15, 0.2) is 0 Å². The van der Waals surface area contributed by atoms with Gasteiger partial charge in [-0.2, -0.15) is 0 Å². The molecular weight excluding hydrogens is 249 g/mol. The molecule has 1 aromatic rings. The molecule has 0 unspecified atom stereocenters. The molecule has 1 aliphatic carbocycles. The Kier molecular flexibility index (Phi) is 8.34. The minimum atomic E-state index is 0. The summed E-state index contributed by atoms with van der Waals surface area (Å²) >= 11 is 0. The predicted molar refractivity (Wildman–Crippen MR) is 71.4 cm³/mol. The Bertz CT molecular complexity index is 319. The SMILES string of the molecule is C.Cl.Cl.Nc1ccc(O)c(CNC2CC2)n1. The molecule has 6 heteroatoms. The van der Waals surface area contributed by atoms with Crippen LogP contribution in [0.1, 0.15) is 26.0 Å². The molecule has 0 spiro atoms. The number of rotatable bonds is 3. The van der Waals surface area contributed by atoms with E-state index >= 15 is 0 Å². The molecule has 0 aromatic carbocycles. The van der Waals surface area contributed by atoms with Crippen LogP contribution < -0.4 is 11.1 Å². The zero-order chi connectivity index (χ0) is 9.26. The molecule has 0 aliphatic heterocycles. The number of hydrogen-bond acceptors (Lipinski definition) is 4. The van der Waals surface area contributed by atoms with E-state index in [2.05, 4.69) is 10.3 Å². The molecule has 1 saturated carbocycles. The minimum absolute atomic E-state index is 0. The summed E-state index contributed by atoms with van der Waals surface area (Å²) in [6.07, 6.45) is 2.45. The topological polar surface area (TPSA) is 71.2 Å². The lowest BCUT2D eigenvalue weighted by Gasteiger charge is -2.05. The van der Waals surface area contributed by atoms with E-state index in [1.165, 1.54) is 12.8 Å². The van der Waals surface area contributed by atoms with E-state index in [0.29, 0.717) is 24.1 Å². The number of aromatic hydroxyl groups is 1. The quantitative estimate of drug-likeness (QED) is 0.785. The number of nitrogens with two attached hydrogens (primary N) is 1. The lowest BCUT2D eigenvalue weighted by molar-refractivity contribution is 0.459. The van der Waals surface area contributed by atoms with Gasteiger partial charge in [-0.1, -0.05) is 7.43 Å². The minimum Gasteiger partial charge on any atom is -0.506 e. The first-order valence-electron chi connectivity index (χ1n) is 4.43. The number of pyridine rings is 1. The highest BCUT2D eigenvalue weighted by Crippen LogP contribution is 2.21. The Morgan fingerprint density at radius 3 is 2.56 bits per heavy atom. The van der Waals surface area contributed by atoms with Crippen LogP contribution in [0, 0.1) is 0 Å². The molecular formula is C10H19Cl2N3O. The molecule has 0 bridgehead atoms. The Morgan fingerprint density at radius 1 is 1.38 bits per heavy atom. The van der Waals surface area contributed by atoms with Crippen LogP contribution in [0.15, 0.2) is 12.1 Å². The highest BCUT2D eigenvalue weighted by molar-refractivity contribution is 5.85. The standard InChI is InChI=1S/C9H13N3O.CH4.2ClH/c10-9-4-3-8(13)7(12-9)5-11-6-1-2-6;;;/h3-4,6,11,13H,1-2,5H2,(H2,10,12);1H4;2*1H. The number of nitrogens with one attached hydrogen (secondary N) is 1. The van der Waals surface area contributed by atoms with Crippen LogP contribution in [0.3, 0.4) is 0 Å². The largest absolute Gasteiger partial charge is 0.506 e. The number of nitrogen functional groups attached to an aromatic ring is 1. The third-order valence-corrected chi connectivity index (χ3v) is 2.11. The van der Waals surface area contributed by atoms with Crippen LogP contribution in [0.4, 0.5) is 5.82 Å². The van der Waals surface area contributed by atoms with Gasteiger partial charge in [0, 0.05) is 12.6 Å². The van der Waals surface area contributed by atoms with Gasteiger partial charge in [0.2, 0.25) is 0 Å². The molecule has 2 rings (SSSR count). The van der Waals surface area contributed by atoms with Crippen LogP contribution in [0.5, 0.6) is 5.75 Å². The molecule has 4 N–H and O–H groups in total. The number of nitrogens with zero attached hydrogens (tertiary/aromatic N) is 1. The van der Waals surface area contributed by atoms with Crippen molar-refractivity contribution in [1.82, 2.24) is 10.3 Å². The number of halogens is 2. The molecule has 1 aliphatic rings. The Balaban J connectivity index is 0. The summed E-state index contributed by atoms with van der Waals surface area (Å²) in [6, 6.07) is 3.78. The summed E-state index contributed by atoms with van der Waals surface area (Å²) in [5.41, 5.74) is 6.13. The van der Waals surface area contributed by atoms with Gasteiger partial charge in [-0.15, -0.1) is 24.8 Å². The van der Waals surface area contributed by atoms with E-state index < -0.39 is 0 Å². The Hall–Kier alpha value is -0.710. The average molecular weight is 268 g/mol. The maximum atomic E-state index is 9.41. The zero-order valence-corrected chi connectivity index (χ0v) is 9.77. The third-order valence-electron chi connectivity index (χ3n) is 2.11. The van der Waals surface area contributed by atoms with E-state index in [9.17, 15) is 5.11 Å².